The molecule has 1 aromatic carbocycles. The average molecular weight is 259 g/mol. The number of nitrogens with one attached hydrogen (secondary N) is 1. The van der Waals surface area contributed by atoms with E-state index in [9.17, 15) is 9.59 Å². The molecule has 0 radical (unpaired) electrons. The van der Waals surface area contributed by atoms with Crippen molar-refractivity contribution in [3.8, 4) is 0 Å². The number of hydrogen-bond acceptors (Lipinski definition) is 2. The molecule has 19 heavy (non-hydrogen) atoms. The Hall–Kier alpha value is -2.10. The molecule has 4 heteroatoms. The van der Waals surface area contributed by atoms with Gasteiger partial charge in [0.1, 0.15) is 0 Å². The SMILES string of the molecule is Cc1cc(C=CC(=O)O)ccc1NC(=O)C1CCC1. The van der Waals surface area contributed by atoms with Crippen molar-refractivity contribution in [2.24, 2.45) is 5.92 Å². The quantitative estimate of drug-likeness (QED) is 0.817. The maximum Gasteiger partial charge on any atom is 0.328 e. The van der Waals surface area contributed by atoms with E-state index in [-0.39, 0.29) is 11.8 Å². The summed E-state index contributed by atoms with van der Waals surface area (Å²) in [6.07, 6.45) is 5.72. The molecule has 1 saturated carbocycles. The predicted molar refractivity (Wildman–Crippen MR) is 73.8 cm³/mol. The van der Waals surface area contributed by atoms with Gasteiger partial charge in [-0.3, -0.25) is 4.79 Å². The van der Waals surface area contributed by atoms with Crippen molar-refractivity contribution >= 4 is 23.6 Å². The lowest BCUT2D eigenvalue weighted by molar-refractivity contribution is -0.131. The average Bonchev–Trinajstić information content (AvgIpc) is 2.27. The highest BCUT2D eigenvalue weighted by Crippen LogP contribution is 2.28. The van der Waals surface area contributed by atoms with Gasteiger partial charge in [-0.25, -0.2) is 4.79 Å². The van der Waals surface area contributed by atoms with Gasteiger partial charge in [0.05, 0.1) is 0 Å². The van der Waals surface area contributed by atoms with Gasteiger partial charge in [0.2, 0.25) is 5.91 Å². The molecule has 1 aromatic rings. The Morgan fingerprint density at radius 2 is 2.11 bits per heavy atom. The summed E-state index contributed by atoms with van der Waals surface area (Å²) in [7, 11) is 0. The van der Waals surface area contributed by atoms with Gasteiger partial charge in [-0.15, -0.1) is 0 Å². The Morgan fingerprint density at radius 1 is 1.37 bits per heavy atom. The highest BCUT2D eigenvalue weighted by molar-refractivity contribution is 5.94. The van der Waals surface area contributed by atoms with Gasteiger partial charge in [0, 0.05) is 17.7 Å². The molecule has 1 amide bonds. The van der Waals surface area contributed by atoms with Crippen molar-refractivity contribution < 1.29 is 14.7 Å². The van der Waals surface area contributed by atoms with Gasteiger partial charge in [-0.2, -0.15) is 0 Å². The highest BCUT2D eigenvalue weighted by atomic mass is 16.4. The van der Waals surface area contributed by atoms with Crippen LogP contribution in [0.1, 0.15) is 30.4 Å². The van der Waals surface area contributed by atoms with Crippen LogP contribution in [0.4, 0.5) is 5.69 Å². The predicted octanol–water partition coefficient (Wildman–Crippen LogP) is 2.83. The Kier molecular flexibility index (Phi) is 4.00. The highest BCUT2D eigenvalue weighted by Gasteiger charge is 2.25. The maximum atomic E-state index is 11.8. The molecule has 1 aliphatic carbocycles. The van der Waals surface area contributed by atoms with Gasteiger partial charge in [-0.1, -0.05) is 12.5 Å². The summed E-state index contributed by atoms with van der Waals surface area (Å²) in [5, 5.41) is 11.5. The first kappa shape index (κ1) is 13.3. The summed E-state index contributed by atoms with van der Waals surface area (Å²) < 4.78 is 0. The van der Waals surface area contributed by atoms with Crippen molar-refractivity contribution in [3.63, 3.8) is 0 Å². The van der Waals surface area contributed by atoms with Crippen LogP contribution in [-0.4, -0.2) is 17.0 Å². The van der Waals surface area contributed by atoms with E-state index in [4.69, 9.17) is 5.11 Å². The zero-order valence-electron chi connectivity index (χ0n) is 10.8. The summed E-state index contributed by atoms with van der Waals surface area (Å²) in [6.45, 7) is 1.90. The van der Waals surface area contributed by atoms with Gasteiger partial charge in [-0.05, 0) is 49.1 Å². The Balaban J connectivity index is 2.06. The largest absolute Gasteiger partial charge is 0.478 e. The van der Waals surface area contributed by atoms with E-state index in [1.807, 2.05) is 19.1 Å². The number of carboxylic acid groups (broad SMARTS) is 1. The normalized spacial score (nSPS) is 15.2. The van der Waals surface area contributed by atoms with E-state index in [0.29, 0.717) is 0 Å². The number of benzene rings is 1. The van der Waals surface area contributed by atoms with Gasteiger partial charge in [0.25, 0.3) is 0 Å². The van der Waals surface area contributed by atoms with Crippen molar-refractivity contribution in [2.45, 2.75) is 26.2 Å². The van der Waals surface area contributed by atoms with Crippen LogP contribution in [-0.2, 0) is 9.59 Å². The Bertz CT molecular complexity index is 530. The molecule has 0 spiro atoms. The molecule has 2 N–H and O–H groups in total. The molecule has 0 aliphatic heterocycles. The molecule has 1 aliphatic rings. The van der Waals surface area contributed by atoms with E-state index in [1.165, 1.54) is 6.08 Å². The zero-order chi connectivity index (χ0) is 13.8. The number of aryl methyl sites for hydroxylation is 1. The van der Waals surface area contributed by atoms with Crippen LogP contribution in [0.15, 0.2) is 24.3 Å². The maximum absolute atomic E-state index is 11.8. The first-order valence-electron chi connectivity index (χ1n) is 6.39. The molecule has 4 nitrogen and oxygen atoms in total. The van der Waals surface area contributed by atoms with Gasteiger partial charge >= 0.3 is 5.97 Å². The number of anilines is 1. The minimum Gasteiger partial charge on any atom is -0.478 e. The molecule has 0 saturated heterocycles. The number of aliphatic carboxylic acids is 1. The summed E-state index contributed by atoms with van der Waals surface area (Å²) >= 11 is 0. The lowest BCUT2D eigenvalue weighted by Gasteiger charge is -2.24. The molecule has 100 valence electrons. The number of hydrogen-bond donors (Lipinski definition) is 2. The monoisotopic (exact) mass is 259 g/mol. The molecule has 1 fully saturated rings. The summed E-state index contributed by atoms with van der Waals surface area (Å²) in [4.78, 5) is 22.3. The molecular formula is C15H17NO3. The fourth-order valence-electron chi connectivity index (χ4n) is 2.00. The second kappa shape index (κ2) is 5.69. The van der Waals surface area contributed by atoms with E-state index < -0.39 is 5.97 Å². The van der Waals surface area contributed by atoms with Crippen molar-refractivity contribution in [1.29, 1.82) is 0 Å². The number of carbonyl (C=O) groups is 2. The van der Waals surface area contributed by atoms with E-state index >= 15 is 0 Å². The van der Waals surface area contributed by atoms with Crippen LogP contribution in [0, 0.1) is 12.8 Å². The molecule has 0 heterocycles. The number of amides is 1. The first-order chi connectivity index (χ1) is 9.06. The van der Waals surface area contributed by atoms with Crippen LogP contribution in [0.25, 0.3) is 6.08 Å². The molecule has 0 unspecified atom stereocenters. The molecule has 0 bridgehead atoms. The molecule has 0 atom stereocenters. The molecule has 0 aromatic heterocycles. The fraction of sp³-hybridized carbons (Fsp3) is 0.333. The number of carboxylic acids is 1. The summed E-state index contributed by atoms with van der Waals surface area (Å²) in [6, 6.07) is 5.46. The lowest BCUT2D eigenvalue weighted by Crippen LogP contribution is -2.28. The third-order valence-corrected chi connectivity index (χ3v) is 3.40. The smallest absolute Gasteiger partial charge is 0.328 e. The van der Waals surface area contributed by atoms with Crippen molar-refractivity contribution in [1.82, 2.24) is 0 Å². The van der Waals surface area contributed by atoms with Crippen LogP contribution < -0.4 is 5.32 Å². The van der Waals surface area contributed by atoms with Crippen molar-refractivity contribution in [3.05, 3.63) is 35.4 Å². The third kappa shape index (κ3) is 3.44. The molecule has 2 rings (SSSR count). The van der Waals surface area contributed by atoms with E-state index in [2.05, 4.69) is 5.32 Å². The summed E-state index contributed by atoms with van der Waals surface area (Å²) in [5.41, 5.74) is 2.53. The minimum atomic E-state index is -0.972. The number of rotatable bonds is 4. The summed E-state index contributed by atoms with van der Waals surface area (Å²) in [5.74, 6) is -0.728. The Labute approximate surface area is 112 Å². The minimum absolute atomic E-state index is 0.0863. The zero-order valence-corrected chi connectivity index (χ0v) is 10.8. The number of carbonyl (C=O) groups excluding carboxylic acids is 1. The van der Waals surface area contributed by atoms with Crippen LogP contribution in [0.5, 0.6) is 0 Å². The first-order valence-corrected chi connectivity index (χ1v) is 6.39. The molecular weight excluding hydrogens is 242 g/mol. The Morgan fingerprint density at radius 3 is 2.63 bits per heavy atom. The van der Waals surface area contributed by atoms with Crippen LogP contribution in [0.3, 0.4) is 0 Å². The second-order valence-corrected chi connectivity index (χ2v) is 4.86. The van der Waals surface area contributed by atoms with Gasteiger partial charge < -0.3 is 10.4 Å². The van der Waals surface area contributed by atoms with E-state index in [0.717, 1.165) is 42.2 Å². The topological polar surface area (TPSA) is 66.4 Å². The fourth-order valence-corrected chi connectivity index (χ4v) is 2.00. The van der Waals surface area contributed by atoms with Crippen LogP contribution >= 0.6 is 0 Å². The van der Waals surface area contributed by atoms with Crippen LogP contribution in [0.2, 0.25) is 0 Å². The standard InChI is InChI=1S/C15H17NO3/c1-10-9-11(6-8-14(17)18)5-7-13(10)16-15(19)12-3-2-4-12/h5-9,12H,2-4H2,1H3,(H,16,19)(H,17,18). The van der Waals surface area contributed by atoms with Crippen molar-refractivity contribution in [2.75, 3.05) is 5.32 Å². The lowest BCUT2D eigenvalue weighted by atomic mass is 9.85. The second-order valence-electron chi connectivity index (χ2n) is 4.86. The van der Waals surface area contributed by atoms with E-state index in [1.54, 1.807) is 6.07 Å². The third-order valence-electron chi connectivity index (χ3n) is 3.40. The van der Waals surface area contributed by atoms with Gasteiger partial charge in [0.15, 0.2) is 0 Å².